The second kappa shape index (κ2) is 13.9. The highest BCUT2D eigenvalue weighted by Crippen LogP contribution is 2.45. The van der Waals surface area contributed by atoms with Gasteiger partial charge in [-0.15, -0.1) is 0 Å². The molecule has 3 aromatic rings. The van der Waals surface area contributed by atoms with Gasteiger partial charge >= 0.3 is 5.97 Å². The number of carboxylic acids is 1. The van der Waals surface area contributed by atoms with Gasteiger partial charge in [-0.3, -0.25) is 4.68 Å². The molecule has 1 heterocycles. The molecule has 0 radical (unpaired) electrons. The topological polar surface area (TPSA) is 82.8 Å². The maximum Gasteiger partial charge on any atom is 0.356 e. The van der Waals surface area contributed by atoms with Gasteiger partial charge in [0.2, 0.25) is 0 Å². The molecule has 230 valence electrons. The lowest BCUT2D eigenvalue weighted by molar-refractivity contribution is 0.0686. The lowest BCUT2D eigenvalue weighted by atomic mass is 9.89. The van der Waals surface area contributed by atoms with Crippen molar-refractivity contribution in [2.75, 3.05) is 14.2 Å². The van der Waals surface area contributed by atoms with E-state index in [2.05, 4.69) is 75.4 Å². The number of ether oxygens (including phenoxy) is 2. The molecule has 42 heavy (non-hydrogen) atoms. The van der Waals surface area contributed by atoms with E-state index in [0.717, 1.165) is 53.1 Å². The van der Waals surface area contributed by atoms with Crippen LogP contribution in [0.4, 0.5) is 0 Å². The average molecular weight is 595 g/mol. The predicted molar refractivity (Wildman–Crippen MR) is 171 cm³/mol. The summed E-state index contributed by atoms with van der Waals surface area (Å²) in [5, 5.41) is 14.5. The predicted octanol–water partition coefficient (Wildman–Crippen LogP) is 8.18. The molecule has 8 heteroatoms. The molecule has 0 saturated heterocycles. The van der Waals surface area contributed by atoms with Gasteiger partial charge in [0.1, 0.15) is 11.5 Å². The lowest BCUT2D eigenvalue weighted by Gasteiger charge is -2.42. The van der Waals surface area contributed by atoms with Gasteiger partial charge < -0.3 is 19.0 Å². The van der Waals surface area contributed by atoms with E-state index >= 15 is 0 Å². The number of carbonyl (C=O) groups is 1. The van der Waals surface area contributed by atoms with Crippen LogP contribution < -0.4 is 9.47 Å². The zero-order valence-corrected chi connectivity index (χ0v) is 28.2. The third-order valence-electron chi connectivity index (χ3n) is 8.94. The average Bonchev–Trinajstić information content (AvgIpc) is 3.26. The third-order valence-corrected chi connectivity index (χ3v) is 13.4. The van der Waals surface area contributed by atoms with E-state index < -0.39 is 14.3 Å². The molecular weight excluding hydrogens is 544 g/mol. The summed E-state index contributed by atoms with van der Waals surface area (Å²) in [6, 6.07) is 14.7. The van der Waals surface area contributed by atoms with Crippen molar-refractivity contribution >= 4 is 14.3 Å². The highest BCUT2D eigenvalue weighted by atomic mass is 28.4. The van der Waals surface area contributed by atoms with Crippen LogP contribution in [-0.2, 0) is 23.8 Å². The molecule has 0 saturated carbocycles. The molecule has 1 N–H and O–H groups in total. The molecule has 2 aromatic carbocycles. The smallest absolute Gasteiger partial charge is 0.356 e. The standard InChI is InChI=1S/C34H50N2O5Si/c1-11-28-24(3)36(35-31(28)33(37)38)22-26(19-15-18-25-16-13-12-14-17-25)32(41-42(9,10)34(4,5)6)27-20-29(39-7)23(2)30(21-27)40-8/h12-14,16-17,20-21,26,32H,11,15,18-19,22H2,1-10H3,(H,37,38)/t26-,32-/m0/s1. The minimum Gasteiger partial charge on any atom is -0.496 e. The van der Waals surface area contributed by atoms with E-state index in [-0.39, 0.29) is 22.8 Å². The Balaban J connectivity index is 2.15. The molecule has 0 aliphatic heterocycles. The quantitative estimate of drug-likeness (QED) is 0.190. The Labute approximate surface area is 253 Å². The van der Waals surface area contributed by atoms with Crippen LogP contribution in [0, 0.1) is 19.8 Å². The Bertz CT molecular complexity index is 1320. The number of nitrogens with zero attached hydrogens (tertiary/aromatic N) is 2. The third kappa shape index (κ3) is 7.64. The van der Waals surface area contributed by atoms with Crippen molar-refractivity contribution in [1.29, 1.82) is 0 Å². The fraction of sp³-hybridized carbons (Fsp3) is 0.529. The Hall–Kier alpha value is -3.10. The summed E-state index contributed by atoms with van der Waals surface area (Å²) in [5.74, 6) is 0.544. The first-order valence-corrected chi connectivity index (χ1v) is 17.9. The first kappa shape index (κ1) is 33.4. The van der Waals surface area contributed by atoms with Crippen molar-refractivity contribution in [3.63, 3.8) is 0 Å². The van der Waals surface area contributed by atoms with E-state index in [1.807, 2.05) is 31.5 Å². The zero-order chi connectivity index (χ0) is 31.2. The van der Waals surface area contributed by atoms with E-state index in [1.54, 1.807) is 14.2 Å². The molecule has 2 atom stereocenters. The summed E-state index contributed by atoms with van der Waals surface area (Å²) in [6.45, 7) is 17.8. The number of carboxylic acid groups (broad SMARTS) is 1. The first-order valence-electron chi connectivity index (χ1n) is 15.0. The summed E-state index contributed by atoms with van der Waals surface area (Å²) in [7, 11) is 1.11. The first-order chi connectivity index (χ1) is 19.7. The molecule has 0 bridgehead atoms. The highest BCUT2D eigenvalue weighted by Gasteiger charge is 2.42. The molecule has 0 spiro atoms. The van der Waals surface area contributed by atoms with E-state index in [1.165, 1.54) is 5.56 Å². The van der Waals surface area contributed by atoms with Crippen LogP contribution >= 0.6 is 0 Å². The van der Waals surface area contributed by atoms with Gasteiger partial charge in [0.15, 0.2) is 14.0 Å². The molecule has 0 aliphatic carbocycles. The van der Waals surface area contributed by atoms with Crippen LogP contribution in [0.15, 0.2) is 42.5 Å². The molecule has 0 fully saturated rings. The number of benzene rings is 2. The van der Waals surface area contributed by atoms with Crippen LogP contribution in [0.5, 0.6) is 11.5 Å². The molecule has 7 nitrogen and oxygen atoms in total. The van der Waals surface area contributed by atoms with Crippen molar-refractivity contribution in [3.8, 4) is 11.5 Å². The van der Waals surface area contributed by atoms with Crippen LogP contribution in [0.25, 0.3) is 0 Å². The summed E-state index contributed by atoms with van der Waals surface area (Å²) in [5.41, 5.74) is 5.06. The van der Waals surface area contributed by atoms with E-state index in [9.17, 15) is 9.90 Å². The second-order valence-corrected chi connectivity index (χ2v) is 17.5. The normalized spacial score (nSPS) is 13.6. The summed E-state index contributed by atoms with van der Waals surface area (Å²) >= 11 is 0. The number of hydrogen-bond donors (Lipinski definition) is 1. The van der Waals surface area contributed by atoms with Crippen molar-refractivity contribution in [1.82, 2.24) is 9.78 Å². The van der Waals surface area contributed by atoms with Crippen molar-refractivity contribution < 1.29 is 23.8 Å². The molecule has 0 amide bonds. The molecular formula is C34H50N2O5Si. The van der Waals surface area contributed by atoms with Gasteiger partial charge in [-0.1, -0.05) is 58.0 Å². The van der Waals surface area contributed by atoms with E-state index in [0.29, 0.717) is 13.0 Å². The number of aromatic nitrogens is 2. The maximum atomic E-state index is 12.1. The van der Waals surface area contributed by atoms with Gasteiger partial charge in [0.25, 0.3) is 0 Å². The number of methoxy groups -OCH3 is 2. The Morgan fingerprint density at radius 3 is 2.12 bits per heavy atom. The second-order valence-electron chi connectivity index (χ2n) is 12.7. The summed E-state index contributed by atoms with van der Waals surface area (Å²) in [6.07, 6.45) is 3.12. The Kier molecular flexibility index (Phi) is 11.1. The van der Waals surface area contributed by atoms with Crippen LogP contribution in [0.2, 0.25) is 18.1 Å². The minimum atomic E-state index is -2.25. The SMILES string of the molecule is CCc1c(C(=O)O)nn(C[C@H](CCCc2ccccc2)[C@H](O[Si](C)(C)C(C)(C)C)c2cc(OC)c(C)c(OC)c2)c1C. The van der Waals surface area contributed by atoms with Crippen molar-refractivity contribution in [2.45, 2.75) is 98.0 Å². The number of hydrogen-bond acceptors (Lipinski definition) is 5. The molecule has 3 rings (SSSR count). The largest absolute Gasteiger partial charge is 0.496 e. The Morgan fingerprint density at radius 1 is 1.05 bits per heavy atom. The van der Waals surface area contributed by atoms with Gasteiger partial charge in [0, 0.05) is 29.3 Å². The Morgan fingerprint density at radius 2 is 1.64 bits per heavy atom. The number of rotatable bonds is 14. The number of aryl methyl sites for hydroxylation is 1. The molecule has 0 aliphatic rings. The lowest BCUT2D eigenvalue weighted by Crippen LogP contribution is -2.43. The highest BCUT2D eigenvalue weighted by molar-refractivity contribution is 6.74. The molecule has 0 unspecified atom stereocenters. The minimum absolute atomic E-state index is 0.00776. The van der Waals surface area contributed by atoms with Crippen LogP contribution in [0.1, 0.15) is 85.1 Å². The monoisotopic (exact) mass is 594 g/mol. The maximum absolute atomic E-state index is 12.1. The number of aromatic carboxylic acids is 1. The van der Waals surface area contributed by atoms with Crippen LogP contribution in [0.3, 0.4) is 0 Å². The summed E-state index contributed by atoms with van der Waals surface area (Å²) < 4.78 is 20.7. The van der Waals surface area contributed by atoms with E-state index in [4.69, 9.17) is 13.9 Å². The van der Waals surface area contributed by atoms with Gasteiger partial charge in [0.05, 0.1) is 20.3 Å². The van der Waals surface area contributed by atoms with Crippen molar-refractivity contribution in [2.24, 2.45) is 5.92 Å². The zero-order valence-electron chi connectivity index (χ0n) is 27.2. The fourth-order valence-electron chi connectivity index (χ4n) is 5.33. The van der Waals surface area contributed by atoms with Gasteiger partial charge in [-0.05, 0) is 80.9 Å². The molecule has 1 aromatic heterocycles. The van der Waals surface area contributed by atoms with Gasteiger partial charge in [-0.2, -0.15) is 5.10 Å². The summed E-state index contributed by atoms with van der Waals surface area (Å²) in [4.78, 5) is 12.1. The van der Waals surface area contributed by atoms with Gasteiger partial charge in [-0.25, -0.2) is 4.79 Å². The fourth-order valence-corrected chi connectivity index (χ4v) is 6.65. The van der Waals surface area contributed by atoms with Crippen LogP contribution in [-0.4, -0.2) is 43.4 Å². The van der Waals surface area contributed by atoms with Crippen molar-refractivity contribution in [3.05, 3.63) is 76.1 Å².